The summed E-state index contributed by atoms with van der Waals surface area (Å²) >= 11 is 0. The van der Waals surface area contributed by atoms with Crippen molar-refractivity contribution in [1.82, 2.24) is 0 Å². The fourth-order valence-corrected chi connectivity index (χ4v) is 0.761. The van der Waals surface area contributed by atoms with Gasteiger partial charge in [-0.15, -0.1) is 37.2 Å². The molecule has 0 aromatic carbocycles. The molecule has 0 saturated carbocycles. The van der Waals surface area contributed by atoms with Crippen LogP contribution < -0.4 is 0 Å². The Hall–Kier alpha value is -0.310. The molecule has 0 aromatic heterocycles. The monoisotopic (exact) mass is 212 g/mol. The van der Waals surface area contributed by atoms with Crippen molar-refractivity contribution in [3.05, 3.63) is 23.5 Å². The molecule has 0 atom stereocenters. The summed E-state index contributed by atoms with van der Waals surface area (Å²) in [7, 11) is 0. The summed E-state index contributed by atoms with van der Waals surface area (Å²) in [5.74, 6) is 0. The van der Waals surface area contributed by atoms with E-state index in [0.29, 0.717) is 0 Å². The largest absolute Gasteiger partial charge is 0.263 e. The lowest BCUT2D eigenvalue weighted by molar-refractivity contribution is 1.61. The highest BCUT2D eigenvalue weighted by atomic mass is 35.5. The molecule has 0 aromatic rings. The van der Waals surface area contributed by atoms with Crippen LogP contribution in [0.25, 0.3) is 0 Å². The van der Waals surface area contributed by atoms with Crippen LogP contribution in [-0.4, -0.2) is 12.4 Å². The molecule has 11 heavy (non-hydrogen) atoms. The molecule has 0 N–H and O–H groups in total. The number of fused-ring (bicyclic) bond motifs is 1. The first-order valence-corrected chi connectivity index (χ1v) is 2.44. The molecule has 0 spiro atoms. The minimum atomic E-state index is 0. The van der Waals surface area contributed by atoms with Crippen LogP contribution in [-0.2, 0) is 0 Å². The van der Waals surface area contributed by atoms with Crippen molar-refractivity contribution in [3.63, 3.8) is 0 Å². The minimum absolute atomic E-state index is 0. The number of nitrogens with zero attached hydrogens (tertiary/aromatic N) is 2. The summed E-state index contributed by atoms with van der Waals surface area (Å²) < 4.78 is 0. The molecular weight excluding hydrogens is 206 g/mol. The molecule has 0 unspecified atom stereocenters. The van der Waals surface area contributed by atoms with E-state index in [1.54, 1.807) is 0 Å². The minimum Gasteiger partial charge on any atom is -0.263 e. The molecule has 2 nitrogen and oxygen atoms in total. The molecule has 2 rings (SSSR count). The number of rotatable bonds is 0. The third kappa shape index (κ3) is 2.33. The van der Waals surface area contributed by atoms with E-state index in [2.05, 4.69) is 9.98 Å². The van der Waals surface area contributed by atoms with Crippen molar-refractivity contribution in [2.45, 2.75) is 0 Å². The Morgan fingerprint density at radius 1 is 0.727 bits per heavy atom. The van der Waals surface area contributed by atoms with Gasteiger partial charge in [0.25, 0.3) is 0 Å². The maximum absolute atomic E-state index is 3.92. The van der Waals surface area contributed by atoms with Gasteiger partial charge in [0, 0.05) is 36.0 Å². The van der Waals surface area contributed by atoms with E-state index < -0.39 is 0 Å². The smallest absolute Gasteiger partial charge is 0.0363 e. The van der Waals surface area contributed by atoms with Crippen LogP contribution in [0.15, 0.2) is 33.5 Å². The lowest BCUT2D eigenvalue weighted by Gasteiger charge is -1.80. The van der Waals surface area contributed by atoms with E-state index in [9.17, 15) is 0 Å². The summed E-state index contributed by atoms with van der Waals surface area (Å²) in [6.07, 6.45) is 7.23. The lowest BCUT2D eigenvalue weighted by Crippen LogP contribution is -1.78. The van der Waals surface area contributed by atoms with Gasteiger partial charge in [0.15, 0.2) is 0 Å². The summed E-state index contributed by atoms with van der Waals surface area (Å²) in [5, 5.41) is 0. The first kappa shape index (κ1) is 13.3. The third-order valence-corrected chi connectivity index (χ3v) is 1.19. The standard InChI is InChI=1S/C6H4N2.3ClH/c1-5-2-8-4-6(5)3-7-1;;;/h1-4H;3*1H. The van der Waals surface area contributed by atoms with E-state index in [1.165, 1.54) is 0 Å². The molecule has 0 bridgehead atoms. The van der Waals surface area contributed by atoms with E-state index in [1.807, 2.05) is 24.8 Å². The Balaban J connectivity index is 0. The van der Waals surface area contributed by atoms with Gasteiger partial charge in [-0.05, 0) is 0 Å². The second-order valence-electron chi connectivity index (χ2n) is 1.73. The normalized spacial score (nSPS) is 15.3. The van der Waals surface area contributed by atoms with Crippen LogP contribution in [0.2, 0.25) is 0 Å². The predicted molar refractivity (Wildman–Crippen MR) is 54.9 cm³/mol. The molecule has 2 aliphatic rings. The molecule has 0 aliphatic carbocycles. The van der Waals surface area contributed by atoms with Crippen molar-refractivity contribution >= 4 is 49.7 Å². The van der Waals surface area contributed by atoms with Crippen molar-refractivity contribution in [3.8, 4) is 0 Å². The summed E-state index contributed by atoms with van der Waals surface area (Å²) in [6, 6.07) is 0. The van der Waals surface area contributed by atoms with Crippen LogP contribution in [0.3, 0.4) is 0 Å². The SMILES string of the molecule is C1=NC=C2C=NC=C12.Cl.Cl.Cl. The molecular formula is C6H7Cl3N2. The van der Waals surface area contributed by atoms with Crippen LogP contribution in [0.1, 0.15) is 0 Å². The Morgan fingerprint density at radius 2 is 1.09 bits per heavy atom. The second kappa shape index (κ2) is 5.35. The molecule has 0 amide bonds. The van der Waals surface area contributed by atoms with Gasteiger partial charge in [0.05, 0.1) is 0 Å². The molecule has 0 fully saturated rings. The zero-order valence-corrected chi connectivity index (χ0v) is 7.88. The van der Waals surface area contributed by atoms with Gasteiger partial charge in [0.1, 0.15) is 0 Å². The van der Waals surface area contributed by atoms with Crippen molar-refractivity contribution < 1.29 is 0 Å². The van der Waals surface area contributed by atoms with E-state index in [4.69, 9.17) is 0 Å². The van der Waals surface area contributed by atoms with Crippen LogP contribution in [0.4, 0.5) is 0 Å². The van der Waals surface area contributed by atoms with Gasteiger partial charge in [-0.3, -0.25) is 9.98 Å². The third-order valence-electron chi connectivity index (χ3n) is 1.19. The molecule has 2 heterocycles. The summed E-state index contributed by atoms with van der Waals surface area (Å²) in [6.45, 7) is 0. The van der Waals surface area contributed by atoms with Gasteiger partial charge in [0.2, 0.25) is 0 Å². The van der Waals surface area contributed by atoms with Crippen LogP contribution in [0.5, 0.6) is 0 Å². The zero-order valence-electron chi connectivity index (χ0n) is 5.43. The van der Waals surface area contributed by atoms with E-state index >= 15 is 0 Å². The predicted octanol–water partition coefficient (Wildman–Crippen LogP) is 2.19. The Kier molecular flexibility index (Phi) is 6.47. The van der Waals surface area contributed by atoms with Gasteiger partial charge in [-0.1, -0.05) is 0 Å². The second-order valence-corrected chi connectivity index (χ2v) is 1.73. The topological polar surface area (TPSA) is 24.7 Å². The first-order chi connectivity index (χ1) is 3.97. The zero-order chi connectivity index (χ0) is 5.40. The van der Waals surface area contributed by atoms with Gasteiger partial charge in [-0.25, -0.2) is 0 Å². The molecule has 0 saturated heterocycles. The highest BCUT2D eigenvalue weighted by Gasteiger charge is 2.07. The molecule has 5 heteroatoms. The number of hydrogen-bond acceptors (Lipinski definition) is 2. The number of allylic oxidation sites excluding steroid dienone is 2. The van der Waals surface area contributed by atoms with E-state index in [-0.39, 0.29) is 37.2 Å². The average molecular weight is 213 g/mol. The van der Waals surface area contributed by atoms with Crippen molar-refractivity contribution in [2.75, 3.05) is 0 Å². The number of halogens is 3. The molecule has 0 radical (unpaired) electrons. The summed E-state index contributed by atoms with van der Waals surface area (Å²) in [5.41, 5.74) is 2.26. The van der Waals surface area contributed by atoms with E-state index in [0.717, 1.165) is 11.1 Å². The van der Waals surface area contributed by atoms with Gasteiger partial charge in [-0.2, -0.15) is 0 Å². The summed E-state index contributed by atoms with van der Waals surface area (Å²) in [4.78, 5) is 7.84. The Bertz CT molecular complexity index is 214. The average Bonchev–Trinajstić information content (AvgIpc) is 2.15. The van der Waals surface area contributed by atoms with Crippen LogP contribution >= 0.6 is 37.2 Å². The number of hydrogen-bond donors (Lipinski definition) is 0. The van der Waals surface area contributed by atoms with Crippen LogP contribution in [0, 0.1) is 0 Å². The van der Waals surface area contributed by atoms with Crippen molar-refractivity contribution in [1.29, 1.82) is 0 Å². The highest BCUT2D eigenvalue weighted by Crippen LogP contribution is 2.15. The van der Waals surface area contributed by atoms with Gasteiger partial charge >= 0.3 is 0 Å². The van der Waals surface area contributed by atoms with Crippen molar-refractivity contribution in [2.24, 2.45) is 9.98 Å². The Labute approximate surface area is 83.4 Å². The number of aliphatic imine (C=N–C) groups is 2. The highest BCUT2D eigenvalue weighted by molar-refractivity contribution is 6.04. The Morgan fingerprint density at radius 3 is 1.45 bits per heavy atom. The fraction of sp³-hybridized carbons (Fsp3) is 0. The maximum Gasteiger partial charge on any atom is 0.0363 e. The molecule has 62 valence electrons. The first-order valence-electron chi connectivity index (χ1n) is 2.44. The van der Waals surface area contributed by atoms with Gasteiger partial charge < -0.3 is 0 Å². The maximum atomic E-state index is 3.92. The lowest BCUT2D eigenvalue weighted by atomic mass is 10.2. The fourth-order valence-electron chi connectivity index (χ4n) is 0.761. The molecule has 2 aliphatic heterocycles. The quantitative estimate of drug-likeness (QED) is 0.589.